The van der Waals surface area contributed by atoms with Gasteiger partial charge in [0.05, 0.1) is 0 Å². The van der Waals surface area contributed by atoms with Gasteiger partial charge in [-0.05, 0) is 55.7 Å². The quantitative estimate of drug-likeness (QED) is 0.475. The van der Waals surface area contributed by atoms with E-state index in [1.54, 1.807) is 37.1 Å². The van der Waals surface area contributed by atoms with Crippen LogP contribution >= 0.6 is 0 Å². The number of aromatic nitrogens is 5. The smallest absolute Gasteiger partial charge is 0.262 e. The number of rotatable bonds is 4. The third kappa shape index (κ3) is 3.78. The minimum atomic E-state index is -3.57. The van der Waals surface area contributed by atoms with Crippen LogP contribution in [0.25, 0.3) is 22.2 Å². The zero-order valence-electron chi connectivity index (χ0n) is 18.0. The van der Waals surface area contributed by atoms with Gasteiger partial charge in [-0.25, -0.2) is 23.4 Å². The predicted octanol–water partition coefficient (Wildman–Crippen LogP) is 3.30. The Morgan fingerprint density at radius 3 is 2.44 bits per heavy atom. The molecule has 32 heavy (non-hydrogen) atoms. The number of imidazole rings is 1. The lowest BCUT2D eigenvalue weighted by Crippen LogP contribution is -2.38. The second-order valence-corrected chi connectivity index (χ2v) is 10.0. The van der Waals surface area contributed by atoms with Crippen molar-refractivity contribution in [1.82, 2.24) is 28.8 Å². The second-order valence-electron chi connectivity index (χ2n) is 8.16. The molecule has 0 spiro atoms. The predicted molar refractivity (Wildman–Crippen MR) is 121 cm³/mol. The first-order chi connectivity index (χ1) is 15.4. The highest BCUT2D eigenvalue weighted by Crippen LogP contribution is 2.31. The monoisotopic (exact) mass is 448 g/mol. The van der Waals surface area contributed by atoms with Crippen molar-refractivity contribution in [1.29, 1.82) is 0 Å². The van der Waals surface area contributed by atoms with Gasteiger partial charge in [-0.2, -0.15) is 4.31 Å². The van der Waals surface area contributed by atoms with Crippen LogP contribution in [0, 0.1) is 6.92 Å². The Morgan fingerprint density at radius 2 is 1.75 bits per heavy atom. The minimum Gasteiger partial charge on any atom is -0.337 e. The van der Waals surface area contributed by atoms with Crippen molar-refractivity contribution in [3.05, 3.63) is 66.6 Å². The van der Waals surface area contributed by atoms with Crippen molar-refractivity contribution in [3.63, 3.8) is 0 Å². The van der Waals surface area contributed by atoms with Gasteiger partial charge in [-0.3, -0.25) is 4.98 Å². The number of hydrogen-bond acceptors (Lipinski definition) is 6. The summed E-state index contributed by atoms with van der Waals surface area (Å²) in [6.45, 7) is 2.71. The highest BCUT2D eigenvalue weighted by atomic mass is 32.2. The van der Waals surface area contributed by atoms with E-state index in [-0.39, 0.29) is 10.9 Å². The molecular formula is C23H24N6O2S. The zero-order valence-corrected chi connectivity index (χ0v) is 18.8. The molecule has 0 saturated carbocycles. The van der Waals surface area contributed by atoms with Crippen LogP contribution in [-0.2, 0) is 17.1 Å². The van der Waals surface area contributed by atoms with Gasteiger partial charge in [0.2, 0.25) is 0 Å². The fourth-order valence-electron chi connectivity index (χ4n) is 4.13. The summed E-state index contributed by atoms with van der Waals surface area (Å²) in [7, 11) is -1.77. The van der Waals surface area contributed by atoms with Crippen molar-refractivity contribution in [3.8, 4) is 11.1 Å². The molecule has 4 aromatic heterocycles. The van der Waals surface area contributed by atoms with Gasteiger partial charge in [0.1, 0.15) is 5.82 Å². The van der Waals surface area contributed by atoms with Crippen LogP contribution in [0.1, 0.15) is 30.3 Å². The van der Waals surface area contributed by atoms with Gasteiger partial charge < -0.3 is 4.57 Å². The maximum atomic E-state index is 12.9. The van der Waals surface area contributed by atoms with E-state index in [0.29, 0.717) is 24.6 Å². The number of fused-ring (bicyclic) bond motifs is 1. The molecule has 8 nitrogen and oxygen atoms in total. The van der Waals surface area contributed by atoms with Crippen molar-refractivity contribution in [2.75, 3.05) is 13.1 Å². The zero-order chi connectivity index (χ0) is 22.3. The molecule has 1 aliphatic rings. The van der Waals surface area contributed by atoms with Gasteiger partial charge in [-0.1, -0.05) is 0 Å². The van der Waals surface area contributed by atoms with Crippen LogP contribution < -0.4 is 0 Å². The molecule has 0 unspecified atom stereocenters. The molecule has 4 aromatic rings. The molecule has 0 aliphatic carbocycles. The first-order valence-electron chi connectivity index (χ1n) is 10.6. The molecular weight excluding hydrogens is 424 g/mol. The standard InChI is InChI=1S/C23H24N6O2S/c1-16-26-22(15-28(16)2)32(30,31)29-11-7-18(8-12-29)21-4-3-19-13-20(14-25-23(19)27-21)17-5-9-24-10-6-17/h3-6,9-10,13-15,18H,7-8,11-12H2,1-2H3. The molecule has 9 heteroatoms. The average Bonchev–Trinajstić information content (AvgIpc) is 3.18. The summed E-state index contributed by atoms with van der Waals surface area (Å²) >= 11 is 0. The van der Waals surface area contributed by atoms with Crippen LogP contribution in [0.15, 0.2) is 60.1 Å². The first-order valence-corrected chi connectivity index (χ1v) is 12.0. The number of piperidine rings is 1. The average molecular weight is 449 g/mol. The van der Waals surface area contributed by atoms with E-state index in [4.69, 9.17) is 4.98 Å². The number of hydrogen-bond donors (Lipinski definition) is 0. The summed E-state index contributed by atoms with van der Waals surface area (Å²) in [4.78, 5) is 17.6. The Bertz CT molecular complexity index is 1360. The van der Waals surface area contributed by atoms with E-state index in [9.17, 15) is 8.42 Å². The number of pyridine rings is 3. The largest absolute Gasteiger partial charge is 0.337 e. The van der Waals surface area contributed by atoms with Crippen LogP contribution in [0.5, 0.6) is 0 Å². The van der Waals surface area contributed by atoms with E-state index in [1.165, 1.54) is 4.31 Å². The Hall–Kier alpha value is -3.17. The normalized spacial score (nSPS) is 15.9. The van der Waals surface area contributed by atoms with Crippen LogP contribution in [-0.4, -0.2) is 50.3 Å². The lowest BCUT2D eigenvalue weighted by molar-refractivity contribution is 0.316. The fourth-order valence-corrected chi connectivity index (χ4v) is 5.62. The molecule has 1 aliphatic heterocycles. The molecule has 5 heterocycles. The Labute approximate surface area is 187 Å². The summed E-state index contributed by atoms with van der Waals surface area (Å²) in [6, 6.07) is 10.1. The number of aryl methyl sites for hydroxylation is 2. The Kier molecular flexibility index (Phi) is 5.22. The third-order valence-corrected chi connectivity index (χ3v) is 7.91. The van der Waals surface area contributed by atoms with Gasteiger partial charge in [0.25, 0.3) is 10.0 Å². The Morgan fingerprint density at radius 1 is 1.00 bits per heavy atom. The minimum absolute atomic E-state index is 0.119. The van der Waals surface area contributed by atoms with E-state index in [0.717, 1.165) is 35.0 Å². The van der Waals surface area contributed by atoms with Crippen LogP contribution in [0.4, 0.5) is 0 Å². The van der Waals surface area contributed by atoms with Gasteiger partial charge >= 0.3 is 0 Å². The van der Waals surface area contributed by atoms with Crippen molar-refractivity contribution in [2.24, 2.45) is 7.05 Å². The first kappa shape index (κ1) is 20.7. The lowest BCUT2D eigenvalue weighted by Gasteiger charge is -2.30. The molecule has 0 N–H and O–H groups in total. The number of nitrogens with zero attached hydrogens (tertiary/aromatic N) is 6. The van der Waals surface area contributed by atoms with Crippen LogP contribution in [0.3, 0.4) is 0 Å². The topological polar surface area (TPSA) is 93.9 Å². The van der Waals surface area contributed by atoms with Gasteiger partial charge in [0.15, 0.2) is 10.7 Å². The van der Waals surface area contributed by atoms with Crippen molar-refractivity contribution < 1.29 is 8.42 Å². The summed E-state index contributed by atoms with van der Waals surface area (Å²) < 4.78 is 29.1. The van der Waals surface area contributed by atoms with E-state index < -0.39 is 10.0 Å². The fraction of sp³-hybridized carbons (Fsp3) is 0.304. The molecule has 0 atom stereocenters. The van der Waals surface area contributed by atoms with E-state index in [1.807, 2.05) is 24.4 Å². The third-order valence-electron chi connectivity index (χ3n) is 6.14. The summed E-state index contributed by atoms with van der Waals surface area (Å²) in [6.07, 6.45) is 8.38. The van der Waals surface area contributed by atoms with Gasteiger partial charge in [-0.15, -0.1) is 0 Å². The maximum absolute atomic E-state index is 12.9. The lowest BCUT2D eigenvalue weighted by atomic mass is 9.94. The van der Waals surface area contributed by atoms with E-state index >= 15 is 0 Å². The molecule has 0 amide bonds. The molecule has 0 bridgehead atoms. The molecule has 5 rings (SSSR count). The second kappa shape index (κ2) is 8.07. The van der Waals surface area contributed by atoms with Crippen molar-refractivity contribution in [2.45, 2.75) is 30.7 Å². The maximum Gasteiger partial charge on any atom is 0.262 e. The summed E-state index contributed by atoms with van der Waals surface area (Å²) in [5.74, 6) is 0.886. The molecule has 1 saturated heterocycles. The summed E-state index contributed by atoms with van der Waals surface area (Å²) in [5, 5.41) is 1.10. The molecule has 0 aromatic carbocycles. The Balaban J connectivity index is 1.32. The number of sulfonamides is 1. The van der Waals surface area contributed by atoms with E-state index in [2.05, 4.69) is 27.1 Å². The molecule has 164 valence electrons. The van der Waals surface area contributed by atoms with Crippen molar-refractivity contribution >= 4 is 21.1 Å². The molecule has 0 radical (unpaired) electrons. The van der Waals surface area contributed by atoms with Crippen LogP contribution in [0.2, 0.25) is 0 Å². The van der Waals surface area contributed by atoms with Gasteiger partial charge in [0, 0.05) is 67.5 Å². The highest BCUT2D eigenvalue weighted by molar-refractivity contribution is 7.89. The highest BCUT2D eigenvalue weighted by Gasteiger charge is 2.32. The SMILES string of the molecule is Cc1nc(S(=O)(=O)N2CCC(c3ccc4cc(-c5ccncc5)cnc4n3)CC2)cn1C. The summed E-state index contributed by atoms with van der Waals surface area (Å²) in [5.41, 5.74) is 3.76. The molecule has 1 fully saturated rings.